The Balaban J connectivity index is 3.28. The summed E-state index contributed by atoms with van der Waals surface area (Å²) in [6.07, 6.45) is 7.11. The minimum Gasteiger partial charge on any atom is -0.478 e. The molecular formula is C20H30O9. The van der Waals surface area contributed by atoms with Crippen molar-refractivity contribution in [1.29, 1.82) is 0 Å². The molecule has 9 heteroatoms. The molecule has 0 unspecified atom stereocenters. The highest BCUT2D eigenvalue weighted by Gasteiger charge is 2.00. The number of carbonyl (C=O) groups excluding carboxylic acids is 2. The number of hydrogen-bond acceptors (Lipinski definition) is 7. The number of unbranched alkanes of at least 4 members (excludes halogenated alkanes) is 2. The molecule has 0 bridgehead atoms. The first kappa shape index (κ1) is 26.6. The molecule has 0 aromatic carbocycles. The Morgan fingerprint density at radius 1 is 0.517 bits per heavy atom. The SMILES string of the molecule is O=C(O)/C=C/C(=O)CCCCOCCOCCOCCCCC(=O)/C=C/C(=O)O. The number of aliphatic carboxylic acids is 2. The number of rotatable bonds is 20. The maximum atomic E-state index is 11.3. The lowest BCUT2D eigenvalue weighted by atomic mass is 10.2. The fourth-order valence-corrected chi connectivity index (χ4v) is 2.04. The number of carboxylic acids is 2. The second kappa shape index (κ2) is 19.0. The van der Waals surface area contributed by atoms with Crippen molar-refractivity contribution in [3.05, 3.63) is 24.3 Å². The monoisotopic (exact) mass is 414 g/mol. The number of carboxylic acid groups (broad SMARTS) is 2. The van der Waals surface area contributed by atoms with Crippen LogP contribution in [-0.2, 0) is 33.4 Å². The third-order valence-electron chi connectivity index (χ3n) is 3.49. The molecule has 0 radical (unpaired) electrons. The molecule has 0 atom stereocenters. The minimum atomic E-state index is -1.13. The van der Waals surface area contributed by atoms with Gasteiger partial charge in [0.05, 0.1) is 26.4 Å². The van der Waals surface area contributed by atoms with Crippen molar-refractivity contribution in [3.63, 3.8) is 0 Å². The summed E-state index contributed by atoms with van der Waals surface area (Å²) in [6.45, 7) is 2.78. The van der Waals surface area contributed by atoms with Crippen molar-refractivity contribution in [2.75, 3.05) is 39.6 Å². The Morgan fingerprint density at radius 2 is 0.862 bits per heavy atom. The highest BCUT2D eigenvalue weighted by molar-refractivity contribution is 5.95. The van der Waals surface area contributed by atoms with Crippen LogP contribution in [0.5, 0.6) is 0 Å². The Hall–Kier alpha value is -2.36. The summed E-state index contributed by atoms with van der Waals surface area (Å²) in [5.74, 6) is -2.69. The fourth-order valence-electron chi connectivity index (χ4n) is 2.04. The van der Waals surface area contributed by atoms with Crippen LogP contribution < -0.4 is 0 Å². The molecule has 2 N–H and O–H groups in total. The van der Waals surface area contributed by atoms with Gasteiger partial charge in [-0.15, -0.1) is 0 Å². The zero-order valence-corrected chi connectivity index (χ0v) is 16.5. The van der Waals surface area contributed by atoms with Crippen LogP contribution in [0.3, 0.4) is 0 Å². The van der Waals surface area contributed by atoms with E-state index in [4.69, 9.17) is 24.4 Å². The summed E-state index contributed by atoms with van der Waals surface area (Å²) in [4.78, 5) is 43.1. The van der Waals surface area contributed by atoms with Crippen LogP contribution in [0.2, 0.25) is 0 Å². The average Bonchev–Trinajstić information content (AvgIpc) is 2.67. The number of ketones is 2. The van der Waals surface area contributed by atoms with Crippen molar-refractivity contribution in [1.82, 2.24) is 0 Å². The third kappa shape index (κ3) is 21.8. The second-order valence-corrected chi connectivity index (χ2v) is 6.03. The molecule has 29 heavy (non-hydrogen) atoms. The van der Waals surface area contributed by atoms with E-state index >= 15 is 0 Å². The molecule has 0 aromatic rings. The standard InChI is InChI=1S/C20H30O9/c21-17(7-9-19(23)24)5-1-3-11-27-13-15-29-16-14-28-12-4-2-6-18(22)8-10-20(25)26/h7-10H,1-6,11-16H2,(H,23,24)(H,25,26)/b9-7+,10-8+. The van der Waals surface area contributed by atoms with E-state index in [0.29, 0.717) is 78.2 Å². The van der Waals surface area contributed by atoms with E-state index in [1.54, 1.807) is 0 Å². The van der Waals surface area contributed by atoms with E-state index in [9.17, 15) is 19.2 Å². The molecule has 0 aliphatic carbocycles. The maximum Gasteiger partial charge on any atom is 0.328 e. The van der Waals surface area contributed by atoms with Crippen LogP contribution in [0, 0.1) is 0 Å². The fraction of sp³-hybridized carbons (Fsp3) is 0.600. The Kier molecular flexibility index (Phi) is 17.4. The van der Waals surface area contributed by atoms with E-state index in [1.165, 1.54) is 0 Å². The van der Waals surface area contributed by atoms with Crippen molar-refractivity contribution in [2.24, 2.45) is 0 Å². The van der Waals surface area contributed by atoms with Crippen LogP contribution in [0.4, 0.5) is 0 Å². The van der Waals surface area contributed by atoms with E-state index < -0.39 is 11.9 Å². The Morgan fingerprint density at radius 3 is 1.21 bits per heavy atom. The maximum absolute atomic E-state index is 11.3. The van der Waals surface area contributed by atoms with Gasteiger partial charge in [0.2, 0.25) is 0 Å². The van der Waals surface area contributed by atoms with Gasteiger partial charge in [0.15, 0.2) is 11.6 Å². The van der Waals surface area contributed by atoms with E-state index in [-0.39, 0.29) is 11.6 Å². The summed E-state index contributed by atoms with van der Waals surface area (Å²) in [7, 11) is 0. The summed E-state index contributed by atoms with van der Waals surface area (Å²) in [5.41, 5.74) is 0. The lowest BCUT2D eigenvalue weighted by Gasteiger charge is -2.06. The summed E-state index contributed by atoms with van der Waals surface area (Å²) >= 11 is 0. The van der Waals surface area contributed by atoms with Crippen molar-refractivity contribution < 1.29 is 43.6 Å². The molecule has 9 nitrogen and oxygen atoms in total. The second-order valence-electron chi connectivity index (χ2n) is 6.03. The molecule has 0 fully saturated rings. The van der Waals surface area contributed by atoms with E-state index in [0.717, 1.165) is 24.3 Å². The van der Waals surface area contributed by atoms with Crippen LogP contribution in [-0.4, -0.2) is 73.4 Å². The normalized spacial score (nSPS) is 11.3. The van der Waals surface area contributed by atoms with Crippen molar-refractivity contribution in [3.8, 4) is 0 Å². The predicted molar refractivity (Wildman–Crippen MR) is 104 cm³/mol. The first-order chi connectivity index (χ1) is 13.9. The van der Waals surface area contributed by atoms with Gasteiger partial charge >= 0.3 is 11.9 Å². The first-order valence-corrected chi connectivity index (χ1v) is 9.52. The zero-order valence-electron chi connectivity index (χ0n) is 16.5. The lowest BCUT2D eigenvalue weighted by Crippen LogP contribution is -2.10. The van der Waals surface area contributed by atoms with Crippen molar-refractivity contribution in [2.45, 2.75) is 38.5 Å². The number of carbonyl (C=O) groups is 4. The molecule has 0 rings (SSSR count). The van der Waals surface area contributed by atoms with Gasteiger partial charge in [-0.1, -0.05) is 0 Å². The first-order valence-electron chi connectivity index (χ1n) is 9.52. The number of hydrogen-bond donors (Lipinski definition) is 2. The van der Waals surface area contributed by atoms with Gasteiger partial charge in [-0.05, 0) is 37.8 Å². The Bertz CT molecular complexity index is 504. The molecule has 0 aliphatic rings. The largest absolute Gasteiger partial charge is 0.478 e. The molecule has 0 aliphatic heterocycles. The van der Waals surface area contributed by atoms with E-state index in [2.05, 4.69) is 0 Å². The third-order valence-corrected chi connectivity index (χ3v) is 3.49. The van der Waals surface area contributed by atoms with Crippen LogP contribution >= 0.6 is 0 Å². The van der Waals surface area contributed by atoms with Gasteiger partial charge in [0, 0.05) is 38.2 Å². The molecule has 0 heterocycles. The van der Waals surface area contributed by atoms with Gasteiger partial charge < -0.3 is 24.4 Å². The van der Waals surface area contributed by atoms with Gasteiger partial charge in [-0.2, -0.15) is 0 Å². The van der Waals surface area contributed by atoms with Gasteiger partial charge in [0.25, 0.3) is 0 Å². The van der Waals surface area contributed by atoms with E-state index in [1.807, 2.05) is 0 Å². The van der Waals surface area contributed by atoms with Crippen LogP contribution in [0.15, 0.2) is 24.3 Å². The highest BCUT2D eigenvalue weighted by Crippen LogP contribution is 1.99. The molecule has 0 aromatic heterocycles. The van der Waals surface area contributed by atoms with Gasteiger partial charge in [0.1, 0.15) is 0 Å². The highest BCUT2D eigenvalue weighted by atomic mass is 16.5. The predicted octanol–water partition coefficient (Wildman–Crippen LogP) is 1.80. The molecule has 0 saturated carbocycles. The van der Waals surface area contributed by atoms with Crippen molar-refractivity contribution >= 4 is 23.5 Å². The molecule has 164 valence electrons. The quantitative estimate of drug-likeness (QED) is 0.226. The Labute approximate surface area is 170 Å². The summed E-state index contributed by atoms with van der Waals surface area (Å²) in [5, 5.41) is 16.8. The lowest BCUT2D eigenvalue weighted by molar-refractivity contribution is -0.132. The number of ether oxygens (including phenoxy) is 3. The average molecular weight is 414 g/mol. The summed E-state index contributed by atoms with van der Waals surface area (Å²) < 4.78 is 16.1. The molecule has 0 saturated heterocycles. The van der Waals surface area contributed by atoms with Gasteiger partial charge in [-0.3, -0.25) is 9.59 Å². The molecule has 0 amide bonds. The smallest absolute Gasteiger partial charge is 0.328 e. The number of allylic oxidation sites excluding steroid dienone is 2. The molecule has 0 spiro atoms. The van der Waals surface area contributed by atoms with Crippen LogP contribution in [0.1, 0.15) is 38.5 Å². The zero-order chi connectivity index (χ0) is 21.7. The van der Waals surface area contributed by atoms with Crippen LogP contribution in [0.25, 0.3) is 0 Å². The van der Waals surface area contributed by atoms with Gasteiger partial charge in [-0.25, -0.2) is 9.59 Å². The minimum absolute atomic E-state index is 0.211. The topological polar surface area (TPSA) is 136 Å². The molecular weight excluding hydrogens is 384 g/mol. The summed E-state index contributed by atoms with van der Waals surface area (Å²) in [6, 6.07) is 0.